The Bertz CT molecular complexity index is 2080. The van der Waals surface area contributed by atoms with Crippen LogP contribution in [0.3, 0.4) is 0 Å². The fourth-order valence-corrected chi connectivity index (χ4v) is 10.9. The van der Waals surface area contributed by atoms with Crippen molar-refractivity contribution >= 4 is 39.0 Å². The van der Waals surface area contributed by atoms with Gasteiger partial charge in [-0.25, -0.2) is 4.21 Å². The highest BCUT2D eigenvalue weighted by atomic mass is 35.5. The van der Waals surface area contributed by atoms with Crippen molar-refractivity contribution in [2.24, 2.45) is 29.2 Å². The molecule has 7 atom stereocenters. The number of hydrogen-bond acceptors (Lipinski definition) is 9. The smallest absolute Gasteiger partial charge is 0.286 e. The summed E-state index contributed by atoms with van der Waals surface area (Å²) < 4.78 is 47.6. The van der Waals surface area contributed by atoms with Gasteiger partial charge in [-0.3, -0.25) is 19.0 Å². The van der Waals surface area contributed by atoms with Crippen LogP contribution in [0.15, 0.2) is 59.1 Å². The zero-order valence-electron chi connectivity index (χ0n) is 30.3. The van der Waals surface area contributed by atoms with Gasteiger partial charge in [-0.15, -0.1) is 9.46 Å². The number of allylic oxidation sites excluding steroid dienone is 1. The van der Waals surface area contributed by atoms with E-state index in [1.807, 2.05) is 25.1 Å². The number of ether oxygens (including phenoxy) is 4. The van der Waals surface area contributed by atoms with Crippen LogP contribution in [-0.4, -0.2) is 83.8 Å². The van der Waals surface area contributed by atoms with Gasteiger partial charge in [0.15, 0.2) is 0 Å². The second-order valence-corrected chi connectivity index (χ2v) is 17.6. The predicted octanol–water partition coefficient (Wildman–Crippen LogP) is 5.52. The zero-order valence-corrected chi connectivity index (χ0v) is 31.9. The summed E-state index contributed by atoms with van der Waals surface area (Å²) in [5.41, 5.74) is 3.38. The third kappa shape index (κ3) is 7.08. The molecule has 2 aliphatic carbocycles. The molecule has 12 nitrogen and oxygen atoms in total. The number of anilines is 1. The largest absolute Gasteiger partial charge is 0.490 e. The molecule has 2 bridgehead atoms. The number of carbonyl (C=O) groups is 2. The molecule has 0 unspecified atom stereocenters. The molecular formula is C39H46ClN5O7S. The lowest BCUT2D eigenvalue weighted by Gasteiger charge is -2.44. The number of nitrogens with zero attached hydrogens (tertiary/aromatic N) is 4. The molecule has 1 spiro atoms. The molecule has 14 heteroatoms. The standard InChI is InChI=1S/C39H46ClN5O7S/c1-24-21-53(48,43-37(47)30-20-44(2)41-38(30)49-3)42-36(46)27-9-12-33-32(18-27)45(19-28-7-6-25(28)8-13-34-35(24)51-16-15-50-34)22-39(23-52-33)14-4-5-26-17-29(40)10-11-31(26)39/h8-13,17-18,20,24-25,28,34-35H,4-7,14-16,19,21-23H2,1-3H3,(H,42,43,46,47,48)/b13-8+/t24-,25+,28+,34-,35-,39+,53+/m1/s1. The first-order chi connectivity index (χ1) is 25.5. The van der Waals surface area contributed by atoms with Crippen LogP contribution in [0, 0.1) is 17.8 Å². The molecule has 0 radical (unpaired) electrons. The monoisotopic (exact) mass is 763 g/mol. The number of fused-ring (bicyclic) bond motifs is 5. The molecule has 2 aromatic carbocycles. The fraction of sp³-hybridized carbons (Fsp3) is 0.513. The van der Waals surface area contributed by atoms with Crippen LogP contribution < -0.4 is 19.1 Å². The maximum absolute atomic E-state index is 14.9. The molecule has 1 N–H and O–H groups in total. The summed E-state index contributed by atoms with van der Waals surface area (Å²) in [5, 5.41) is 4.90. The average Bonchev–Trinajstić information content (AvgIpc) is 3.45. The maximum atomic E-state index is 14.9. The van der Waals surface area contributed by atoms with Crippen molar-refractivity contribution in [3.63, 3.8) is 0 Å². The van der Waals surface area contributed by atoms with Gasteiger partial charge in [0.05, 0.1) is 44.5 Å². The molecule has 1 saturated carbocycles. The van der Waals surface area contributed by atoms with E-state index < -0.39 is 33.8 Å². The summed E-state index contributed by atoms with van der Waals surface area (Å²) in [6, 6.07) is 11.5. The molecular weight excluding hydrogens is 718 g/mol. The number of aryl methyl sites for hydroxylation is 2. The Morgan fingerprint density at radius 3 is 2.79 bits per heavy atom. The van der Waals surface area contributed by atoms with Gasteiger partial charge in [-0.05, 0) is 91.3 Å². The number of hydrogen-bond donors (Lipinski definition) is 1. The second kappa shape index (κ2) is 14.4. The molecule has 3 aliphatic heterocycles. The van der Waals surface area contributed by atoms with Crippen molar-refractivity contribution in [2.45, 2.75) is 56.7 Å². The minimum absolute atomic E-state index is 0.0661. The fourth-order valence-electron chi connectivity index (χ4n) is 8.78. The van der Waals surface area contributed by atoms with Gasteiger partial charge in [0.2, 0.25) is 5.88 Å². The van der Waals surface area contributed by atoms with Gasteiger partial charge in [-0.2, -0.15) is 0 Å². The van der Waals surface area contributed by atoms with E-state index in [-0.39, 0.29) is 34.3 Å². The summed E-state index contributed by atoms with van der Waals surface area (Å²) in [4.78, 5) is 30.2. The highest BCUT2D eigenvalue weighted by Crippen LogP contribution is 2.46. The topological polar surface area (TPSA) is 134 Å². The third-order valence-corrected chi connectivity index (χ3v) is 13.7. The molecule has 282 valence electrons. The average molecular weight is 764 g/mol. The molecule has 1 aromatic heterocycles. The van der Waals surface area contributed by atoms with Gasteiger partial charge in [0, 0.05) is 42.3 Å². The second-order valence-electron chi connectivity index (χ2n) is 15.2. The van der Waals surface area contributed by atoms with Crippen molar-refractivity contribution < 1.29 is 32.7 Å². The van der Waals surface area contributed by atoms with Gasteiger partial charge >= 0.3 is 0 Å². The third-order valence-electron chi connectivity index (χ3n) is 11.6. The molecule has 53 heavy (non-hydrogen) atoms. The number of halogens is 1. The van der Waals surface area contributed by atoms with Crippen LogP contribution in [0.25, 0.3) is 0 Å². The van der Waals surface area contributed by atoms with Crippen LogP contribution in [-0.2, 0) is 38.3 Å². The van der Waals surface area contributed by atoms with Gasteiger partial charge in [0.1, 0.15) is 27.3 Å². The van der Waals surface area contributed by atoms with Crippen molar-refractivity contribution in [3.05, 3.63) is 82.0 Å². The Hall–Kier alpha value is -3.91. The number of rotatable bonds is 3. The first-order valence-corrected chi connectivity index (χ1v) is 20.5. The highest BCUT2D eigenvalue weighted by Gasteiger charge is 2.44. The Balaban J connectivity index is 1.22. The minimum atomic E-state index is -3.72. The molecule has 1 saturated heterocycles. The lowest BCUT2D eigenvalue weighted by Crippen LogP contribution is -2.48. The summed E-state index contributed by atoms with van der Waals surface area (Å²) in [7, 11) is -0.670. The maximum Gasteiger partial charge on any atom is 0.286 e. The number of carbonyl (C=O) groups excluding carboxylic acids is 2. The van der Waals surface area contributed by atoms with E-state index in [1.165, 1.54) is 29.1 Å². The summed E-state index contributed by atoms with van der Waals surface area (Å²) in [6.07, 6.45) is 10.1. The van der Waals surface area contributed by atoms with Gasteiger partial charge < -0.3 is 23.8 Å². The zero-order chi connectivity index (χ0) is 36.9. The number of methoxy groups -OCH3 is 1. The van der Waals surface area contributed by atoms with Crippen molar-refractivity contribution in [1.82, 2.24) is 14.5 Å². The lowest BCUT2D eigenvalue weighted by molar-refractivity contribution is -0.136. The van der Waals surface area contributed by atoms with E-state index in [4.69, 9.17) is 30.5 Å². The molecule has 2 fully saturated rings. The first-order valence-electron chi connectivity index (χ1n) is 18.4. The lowest BCUT2D eigenvalue weighted by atomic mass is 9.69. The van der Waals surface area contributed by atoms with E-state index >= 15 is 0 Å². The molecule has 3 aromatic rings. The van der Waals surface area contributed by atoms with E-state index in [1.54, 1.807) is 13.1 Å². The van der Waals surface area contributed by atoms with Crippen LogP contribution in [0.5, 0.6) is 11.6 Å². The Labute approximate surface area is 315 Å². The molecule has 4 heterocycles. The molecule has 5 aliphatic rings. The Morgan fingerprint density at radius 2 is 1.98 bits per heavy atom. The number of benzene rings is 2. The predicted molar refractivity (Wildman–Crippen MR) is 201 cm³/mol. The summed E-state index contributed by atoms with van der Waals surface area (Å²) in [6.45, 7) is 4.67. The normalized spacial score (nSPS) is 31.7. The van der Waals surface area contributed by atoms with Crippen molar-refractivity contribution in [2.75, 3.05) is 50.7 Å². The van der Waals surface area contributed by atoms with Crippen molar-refractivity contribution in [1.29, 1.82) is 0 Å². The number of nitrogens with one attached hydrogen (secondary N) is 1. The van der Waals surface area contributed by atoms with Crippen LogP contribution in [0.4, 0.5) is 5.69 Å². The van der Waals surface area contributed by atoms with Crippen LogP contribution in [0.2, 0.25) is 5.02 Å². The Kier molecular flexibility index (Phi) is 9.80. The van der Waals surface area contributed by atoms with E-state index in [2.05, 4.69) is 43.4 Å². The Morgan fingerprint density at radius 1 is 1.13 bits per heavy atom. The van der Waals surface area contributed by atoms with Gasteiger partial charge in [-0.1, -0.05) is 36.7 Å². The van der Waals surface area contributed by atoms with Crippen LogP contribution in [0.1, 0.15) is 64.4 Å². The summed E-state index contributed by atoms with van der Waals surface area (Å²) in [5.74, 6) is -0.496. The molecule has 8 rings (SSSR count). The van der Waals surface area contributed by atoms with E-state index in [0.29, 0.717) is 44.0 Å². The molecule has 2 amide bonds. The van der Waals surface area contributed by atoms with Crippen molar-refractivity contribution in [3.8, 4) is 11.6 Å². The SMILES string of the molecule is COc1nn(C)cc1C(=O)N[S@@]1(=O)=NC(=O)c2ccc3c(c2)N(C[C@@H]2CC[C@H]2/C=C/[C@H]2OCCO[C@@H]2[C@H](C)C1)C[C@@]1(CCCc2cc(Cl)ccc21)CO3. The summed E-state index contributed by atoms with van der Waals surface area (Å²) >= 11 is 6.46. The van der Waals surface area contributed by atoms with Crippen LogP contribution >= 0.6 is 11.6 Å². The first kappa shape index (κ1) is 36.1. The van der Waals surface area contributed by atoms with E-state index in [0.717, 1.165) is 49.4 Å². The quantitative estimate of drug-likeness (QED) is 0.342. The number of amides is 2. The van der Waals surface area contributed by atoms with E-state index in [9.17, 15) is 13.8 Å². The minimum Gasteiger partial charge on any atom is -0.490 e. The number of aromatic nitrogens is 2. The van der Waals surface area contributed by atoms with Gasteiger partial charge in [0.25, 0.3) is 11.8 Å². The highest BCUT2D eigenvalue weighted by molar-refractivity contribution is 7.92.